The second-order valence-electron chi connectivity index (χ2n) is 6.78. The number of hydrogen-bond acceptors (Lipinski definition) is 1. The van der Waals surface area contributed by atoms with Gasteiger partial charge in [0.2, 0.25) is 0 Å². The molecule has 0 fully saturated rings. The summed E-state index contributed by atoms with van der Waals surface area (Å²) in [6.07, 6.45) is 0. The van der Waals surface area contributed by atoms with Crippen LogP contribution in [0.4, 0.5) is 0 Å². The molecule has 1 N–H and O–H groups in total. The second-order valence-corrected chi connectivity index (χ2v) is 10.8. The van der Waals surface area contributed by atoms with Crippen LogP contribution < -0.4 is 10.4 Å². The fourth-order valence-electron chi connectivity index (χ4n) is 2.87. The van der Waals surface area contributed by atoms with E-state index < -0.39 is 22.9 Å². The zero-order chi connectivity index (χ0) is 24.4. The fourth-order valence-corrected chi connectivity index (χ4v) is 3.92. The van der Waals surface area contributed by atoms with Crippen molar-refractivity contribution in [3.63, 3.8) is 0 Å². The monoisotopic (exact) mass is 535 g/mol. The Labute approximate surface area is 220 Å². The molecule has 0 aliphatic heterocycles. The first-order valence-electron chi connectivity index (χ1n) is 10.4. The number of rotatable bonds is 3. The number of hydrogen-bond donors (Lipinski definition) is 0. The van der Waals surface area contributed by atoms with Gasteiger partial charge in [-0.05, 0) is 5.56 Å². The second kappa shape index (κ2) is 17.0. The molecule has 0 saturated carbocycles. The van der Waals surface area contributed by atoms with Gasteiger partial charge < -0.3 is 10.5 Å². The Bertz CT molecular complexity index is 1130. The van der Waals surface area contributed by atoms with Gasteiger partial charge in [-0.15, -0.1) is 29.7 Å². The minimum Gasteiger partial charge on any atom is -0.664 e. The molecule has 2 nitrogen and oxygen atoms in total. The molecule has 1 amide bonds. The molecule has 0 aliphatic carbocycles. The van der Waals surface area contributed by atoms with Crippen molar-refractivity contribution in [3.05, 3.63) is 145 Å². The van der Waals surface area contributed by atoms with Crippen molar-refractivity contribution in [1.82, 2.24) is 0 Å². The Balaban J connectivity index is 0.000000174. The van der Waals surface area contributed by atoms with Crippen molar-refractivity contribution in [2.45, 2.75) is 0 Å². The number of carbonyl (C=O) groups is 1. The molecular formula is C28H23Cl2NOSiTi-2. The molecule has 2 radical (unpaired) electrons. The Morgan fingerprint density at radius 3 is 1.56 bits per heavy atom. The van der Waals surface area contributed by atoms with E-state index in [-0.39, 0.29) is 0 Å². The maximum absolute atomic E-state index is 10.3. The maximum Gasteiger partial charge on any atom is 0.121 e. The van der Waals surface area contributed by atoms with Gasteiger partial charge in [0.15, 0.2) is 0 Å². The third-order valence-corrected chi connectivity index (χ3v) is 5.66. The molecule has 5 aromatic carbocycles. The Hall–Kier alpha value is -2.53. The van der Waals surface area contributed by atoms with Gasteiger partial charge in [0.05, 0.1) is 5.91 Å². The average molecular weight is 536 g/mol. The summed E-state index contributed by atoms with van der Waals surface area (Å²) in [6, 6.07) is 44.4. The molecule has 6 heteroatoms. The number of halogens is 2. The largest absolute Gasteiger partial charge is 0.664 e. The van der Waals surface area contributed by atoms with Gasteiger partial charge in [-0.1, -0.05) is 107 Å². The number of fused-ring (bicyclic) bond motifs is 1. The number of carbonyl (C=O) groups excluding carboxylic acids is 1. The molecule has 34 heavy (non-hydrogen) atoms. The number of nitrogens with one attached hydrogen (secondary N) is 1. The van der Waals surface area contributed by atoms with E-state index in [1.807, 2.05) is 6.07 Å². The van der Waals surface area contributed by atoms with Crippen molar-refractivity contribution < 1.29 is 21.8 Å². The zero-order valence-electron chi connectivity index (χ0n) is 18.4. The molecule has 0 aromatic heterocycles. The van der Waals surface area contributed by atoms with Crippen LogP contribution >= 0.6 is 18.6 Å². The van der Waals surface area contributed by atoms with E-state index in [1.54, 1.807) is 24.3 Å². The summed E-state index contributed by atoms with van der Waals surface area (Å²) in [4.78, 5) is 10.3. The summed E-state index contributed by atoms with van der Waals surface area (Å²) >= 11 is -0.556. The summed E-state index contributed by atoms with van der Waals surface area (Å²) in [5.41, 5.74) is 7.12. The molecule has 5 rings (SSSR count). The van der Waals surface area contributed by atoms with Crippen LogP contribution in [0, 0.1) is 0 Å². The first kappa shape index (κ1) is 27.7. The van der Waals surface area contributed by atoms with Crippen LogP contribution in [-0.4, -0.2) is 15.4 Å². The summed E-state index contributed by atoms with van der Waals surface area (Å²) in [5, 5.41) is 5.46. The predicted molar refractivity (Wildman–Crippen MR) is 144 cm³/mol. The fraction of sp³-hybridized carbons (Fsp3) is 0. The molecule has 0 bridgehead atoms. The van der Waals surface area contributed by atoms with Gasteiger partial charge in [-0.25, -0.2) is 0 Å². The molecule has 0 spiro atoms. The smallest absolute Gasteiger partial charge is 0.121 e. The van der Waals surface area contributed by atoms with Crippen molar-refractivity contribution in [1.29, 1.82) is 0 Å². The van der Waals surface area contributed by atoms with Crippen LogP contribution in [0.15, 0.2) is 133 Å². The van der Waals surface area contributed by atoms with Gasteiger partial charge in [-0.2, -0.15) is 17.5 Å². The predicted octanol–water partition coefficient (Wildman–Crippen LogP) is 7.16. The van der Waals surface area contributed by atoms with Crippen molar-refractivity contribution in [2.24, 2.45) is 0 Å². The van der Waals surface area contributed by atoms with Crippen molar-refractivity contribution in [3.8, 4) is 0 Å². The average Bonchev–Trinajstić information content (AvgIpc) is 3.36. The quantitative estimate of drug-likeness (QED) is 0.178. The van der Waals surface area contributed by atoms with E-state index in [4.69, 9.17) is 24.3 Å². The van der Waals surface area contributed by atoms with Gasteiger partial charge in [0.1, 0.15) is 9.52 Å². The summed E-state index contributed by atoms with van der Waals surface area (Å²) in [5.74, 6) is -0.629. The standard InChI is InChI=1S/C12H10Si.C9H7.C7H7NO.2ClH.Ti/c1-3-7-11(8-4-1)13-12-9-5-2-6-10-12;1-2-5-9-7-3-6-8(9)4-1;8-7(9)6-4-2-1-3-5-6;;;/h1-10H;1-7H;1-5H,(H2,8,9);2*1H;/q;-1;;;;+2/p-3. The molecule has 5 aromatic rings. The van der Waals surface area contributed by atoms with Gasteiger partial charge >= 0.3 is 35.6 Å². The van der Waals surface area contributed by atoms with Crippen LogP contribution in [0.5, 0.6) is 0 Å². The van der Waals surface area contributed by atoms with Gasteiger partial charge in [0.25, 0.3) is 0 Å². The van der Waals surface area contributed by atoms with E-state index in [9.17, 15) is 4.79 Å². The third kappa shape index (κ3) is 11.1. The van der Waals surface area contributed by atoms with E-state index in [0.29, 0.717) is 5.56 Å². The minimum atomic E-state index is -0.629. The van der Waals surface area contributed by atoms with E-state index in [1.165, 1.54) is 21.1 Å². The first-order valence-corrected chi connectivity index (χ1v) is 15.7. The summed E-state index contributed by atoms with van der Waals surface area (Å²) < 4.78 is 0. The molecule has 0 aliphatic rings. The zero-order valence-corrected chi connectivity index (χ0v) is 22.4. The first-order chi connectivity index (χ1) is 16.6. The SMILES string of the molecule is [Cl][Ti][Cl].[NH-]C(=O)c1ccccc1.c1ccc([Si]c2ccccc2)cc1.c1ccc2[cH-]ccc2c1. The molecule has 0 atom stereocenters. The van der Waals surface area contributed by atoms with E-state index in [2.05, 4.69) is 103 Å². The number of benzene rings is 4. The normalized spacial score (nSPS) is 9.24. The van der Waals surface area contributed by atoms with Crippen molar-refractivity contribution in [2.75, 3.05) is 0 Å². The van der Waals surface area contributed by atoms with Crippen LogP contribution in [0.2, 0.25) is 0 Å². The van der Waals surface area contributed by atoms with E-state index in [0.717, 1.165) is 9.52 Å². The summed E-state index contributed by atoms with van der Waals surface area (Å²) in [6.45, 7) is 0. The molecule has 0 unspecified atom stereocenters. The topological polar surface area (TPSA) is 40.9 Å². The van der Waals surface area contributed by atoms with Gasteiger partial charge in [0, 0.05) is 0 Å². The summed E-state index contributed by atoms with van der Waals surface area (Å²) in [7, 11) is 10.6. The number of amides is 1. The minimum absolute atomic E-state index is 0.442. The van der Waals surface area contributed by atoms with Crippen LogP contribution in [0.25, 0.3) is 16.5 Å². The van der Waals surface area contributed by atoms with Crippen molar-refractivity contribution >= 4 is 55.2 Å². The third-order valence-electron chi connectivity index (χ3n) is 4.42. The Kier molecular flexibility index (Phi) is 13.8. The molecule has 170 valence electrons. The maximum atomic E-state index is 10.3. The molecular weight excluding hydrogens is 513 g/mol. The van der Waals surface area contributed by atoms with Crippen LogP contribution in [-0.2, 0) is 17.0 Å². The van der Waals surface area contributed by atoms with Gasteiger partial charge in [-0.3, -0.25) is 0 Å². The van der Waals surface area contributed by atoms with Crippen LogP contribution in [0.1, 0.15) is 10.4 Å². The Morgan fingerprint density at radius 1 is 0.676 bits per heavy atom. The van der Waals surface area contributed by atoms with E-state index >= 15 is 0 Å². The Morgan fingerprint density at radius 2 is 1.12 bits per heavy atom. The molecule has 0 heterocycles. The molecule has 0 saturated heterocycles. The van der Waals surface area contributed by atoms with Crippen LogP contribution in [0.3, 0.4) is 0 Å².